The van der Waals surface area contributed by atoms with Crippen LogP contribution in [-0.2, 0) is 4.74 Å². The Bertz CT molecular complexity index is 351. The number of nitrogens with zero attached hydrogens (tertiary/aromatic N) is 1. The lowest BCUT2D eigenvalue weighted by molar-refractivity contribution is 0.307. The highest BCUT2D eigenvalue weighted by molar-refractivity contribution is 5.58. The molecule has 0 aromatic carbocycles. The van der Waals surface area contributed by atoms with Gasteiger partial charge in [0.2, 0.25) is 0 Å². The lowest BCUT2D eigenvalue weighted by Crippen LogP contribution is -2.17. The van der Waals surface area contributed by atoms with E-state index in [1.54, 1.807) is 12.0 Å². The molecule has 0 saturated carbocycles. The number of hydrogen-bond acceptors (Lipinski definition) is 2. The van der Waals surface area contributed by atoms with Gasteiger partial charge in [-0.25, -0.2) is 0 Å². The normalized spacial score (nSPS) is 14.8. The van der Waals surface area contributed by atoms with Gasteiger partial charge in [0.25, 0.3) is 0 Å². The van der Waals surface area contributed by atoms with E-state index in [0.29, 0.717) is 0 Å². The Morgan fingerprint density at radius 2 is 2.33 bits per heavy atom. The van der Waals surface area contributed by atoms with Crippen LogP contribution in [0.15, 0.2) is 48.0 Å². The average Bonchev–Trinajstić information content (AvgIpc) is 2.44. The summed E-state index contributed by atoms with van der Waals surface area (Å²) in [5.74, 6) is 0.816. The monoisotopic (exact) mass is 204 g/mol. The van der Waals surface area contributed by atoms with Gasteiger partial charge in [-0.2, -0.15) is 0 Å². The van der Waals surface area contributed by atoms with Crippen molar-refractivity contribution < 1.29 is 4.74 Å². The van der Waals surface area contributed by atoms with E-state index in [-0.39, 0.29) is 0 Å². The second-order valence-electron chi connectivity index (χ2n) is 3.27. The lowest BCUT2D eigenvalue weighted by Gasteiger charge is -2.20. The topological polar surface area (TPSA) is 36.3 Å². The Balaban J connectivity index is 2.92. The van der Waals surface area contributed by atoms with E-state index in [2.05, 4.69) is 6.58 Å². The molecule has 1 aliphatic rings. The number of rotatable bonds is 4. The first-order valence-electron chi connectivity index (χ1n) is 4.75. The number of allylic oxidation sites excluding steroid dienone is 5. The number of nitrogens with one attached hydrogen (secondary N) is 1. The van der Waals surface area contributed by atoms with Gasteiger partial charge in [0.1, 0.15) is 5.76 Å². The van der Waals surface area contributed by atoms with Gasteiger partial charge in [0.15, 0.2) is 0 Å². The van der Waals surface area contributed by atoms with Crippen molar-refractivity contribution >= 4 is 6.34 Å². The quantitative estimate of drug-likeness (QED) is 0.564. The van der Waals surface area contributed by atoms with E-state index in [1.807, 2.05) is 31.2 Å². The average molecular weight is 204 g/mol. The van der Waals surface area contributed by atoms with Crippen molar-refractivity contribution in [3.63, 3.8) is 0 Å². The fraction of sp³-hybridized carbons (Fsp3) is 0.250. The standard InChI is InChI=1S/C12H16N2O/c1-10(2)14(9-13)11-5-4-6-12(15-3)8-7-11/h4,6-9,13H,1,5H2,2-3H3. The Morgan fingerprint density at radius 1 is 1.60 bits per heavy atom. The van der Waals surface area contributed by atoms with E-state index in [0.717, 1.165) is 23.6 Å². The van der Waals surface area contributed by atoms with Crippen LogP contribution in [0.3, 0.4) is 0 Å². The molecule has 1 aliphatic carbocycles. The molecule has 0 amide bonds. The second kappa shape index (κ2) is 5.20. The third kappa shape index (κ3) is 2.84. The van der Waals surface area contributed by atoms with Crippen LogP contribution in [0.5, 0.6) is 0 Å². The fourth-order valence-electron chi connectivity index (χ4n) is 1.35. The molecule has 1 N–H and O–H groups in total. The number of ether oxygens (including phenoxy) is 1. The summed E-state index contributed by atoms with van der Waals surface area (Å²) in [6, 6.07) is 0. The highest BCUT2D eigenvalue weighted by Crippen LogP contribution is 2.17. The SMILES string of the molecule is C=C(C)N(C=N)C1=CC=C(OC)C=CC1. The van der Waals surface area contributed by atoms with Crippen LogP contribution in [0, 0.1) is 5.41 Å². The minimum absolute atomic E-state index is 0.769. The first kappa shape index (κ1) is 11.3. The van der Waals surface area contributed by atoms with E-state index in [4.69, 9.17) is 10.1 Å². The molecule has 0 heterocycles. The summed E-state index contributed by atoms with van der Waals surface area (Å²) in [5, 5.41) is 7.32. The summed E-state index contributed by atoms with van der Waals surface area (Å²) in [5.41, 5.74) is 1.85. The van der Waals surface area contributed by atoms with Crippen molar-refractivity contribution in [2.75, 3.05) is 7.11 Å². The molecule has 1 rings (SSSR count). The largest absolute Gasteiger partial charge is 0.497 e. The van der Waals surface area contributed by atoms with Crippen LogP contribution >= 0.6 is 0 Å². The summed E-state index contributed by atoms with van der Waals surface area (Å²) in [4.78, 5) is 1.75. The molecule has 0 atom stereocenters. The van der Waals surface area contributed by atoms with Gasteiger partial charge in [-0.15, -0.1) is 0 Å². The fourth-order valence-corrected chi connectivity index (χ4v) is 1.35. The van der Waals surface area contributed by atoms with Crippen molar-refractivity contribution in [3.8, 4) is 0 Å². The third-order valence-corrected chi connectivity index (χ3v) is 2.13. The molecule has 80 valence electrons. The summed E-state index contributed by atoms with van der Waals surface area (Å²) in [7, 11) is 1.64. The summed E-state index contributed by atoms with van der Waals surface area (Å²) < 4.78 is 5.13. The molecule has 0 radical (unpaired) electrons. The molecule has 0 aromatic rings. The van der Waals surface area contributed by atoms with Crippen molar-refractivity contribution in [2.24, 2.45) is 0 Å². The lowest BCUT2D eigenvalue weighted by atomic mass is 10.2. The Morgan fingerprint density at radius 3 is 2.87 bits per heavy atom. The minimum atomic E-state index is 0.769. The van der Waals surface area contributed by atoms with Crippen molar-refractivity contribution in [1.29, 1.82) is 5.41 Å². The van der Waals surface area contributed by atoms with Crippen molar-refractivity contribution in [2.45, 2.75) is 13.3 Å². The van der Waals surface area contributed by atoms with Crippen molar-refractivity contribution in [1.82, 2.24) is 4.90 Å². The van der Waals surface area contributed by atoms with Gasteiger partial charge >= 0.3 is 0 Å². The minimum Gasteiger partial charge on any atom is -0.497 e. The maximum absolute atomic E-state index is 7.32. The molecule has 0 fully saturated rings. The molecule has 0 unspecified atom stereocenters. The first-order valence-corrected chi connectivity index (χ1v) is 4.75. The molecular weight excluding hydrogens is 188 g/mol. The van der Waals surface area contributed by atoms with Gasteiger partial charge in [-0.1, -0.05) is 12.7 Å². The van der Waals surface area contributed by atoms with Gasteiger partial charge in [0.05, 0.1) is 13.4 Å². The smallest absolute Gasteiger partial charge is 0.118 e. The van der Waals surface area contributed by atoms with Gasteiger partial charge in [0, 0.05) is 17.8 Å². The van der Waals surface area contributed by atoms with Crippen LogP contribution in [0.4, 0.5) is 0 Å². The molecule has 15 heavy (non-hydrogen) atoms. The molecule has 0 bridgehead atoms. The molecular formula is C12H16N2O. The highest BCUT2D eigenvalue weighted by atomic mass is 16.5. The predicted octanol–water partition coefficient (Wildman–Crippen LogP) is 2.80. The third-order valence-electron chi connectivity index (χ3n) is 2.13. The zero-order valence-electron chi connectivity index (χ0n) is 9.16. The van der Waals surface area contributed by atoms with E-state index in [9.17, 15) is 0 Å². The van der Waals surface area contributed by atoms with Crippen LogP contribution in [-0.4, -0.2) is 18.3 Å². The number of methoxy groups -OCH3 is 1. The molecule has 3 nitrogen and oxygen atoms in total. The van der Waals surface area contributed by atoms with Crippen LogP contribution in [0.2, 0.25) is 0 Å². The maximum Gasteiger partial charge on any atom is 0.118 e. The van der Waals surface area contributed by atoms with Crippen LogP contribution in [0.25, 0.3) is 0 Å². The molecule has 3 heteroatoms. The zero-order chi connectivity index (χ0) is 11.3. The summed E-state index contributed by atoms with van der Waals surface area (Å²) >= 11 is 0. The Labute approximate surface area is 90.5 Å². The second-order valence-corrected chi connectivity index (χ2v) is 3.27. The van der Waals surface area contributed by atoms with E-state index in [1.165, 1.54) is 6.34 Å². The molecule has 0 spiro atoms. The first-order chi connectivity index (χ1) is 7.19. The Hall–Kier alpha value is -1.77. The zero-order valence-corrected chi connectivity index (χ0v) is 9.16. The highest BCUT2D eigenvalue weighted by Gasteiger charge is 2.07. The van der Waals surface area contributed by atoms with Crippen LogP contribution in [0.1, 0.15) is 13.3 Å². The summed E-state index contributed by atoms with van der Waals surface area (Å²) in [6.07, 6.45) is 9.80. The van der Waals surface area contributed by atoms with Gasteiger partial charge < -0.3 is 9.64 Å². The van der Waals surface area contributed by atoms with Gasteiger partial charge in [-0.05, 0) is 25.2 Å². The number of hydrogen-bond donors (Lipinski definition) is 1. The van der Waals surface area contributed by atoms with Crippen LogP contribution < -0.4 is 0 Å². The van der Waals surface area contributed by atoms with E-state index < -0.39 is 0 Å². The Kier molecular flexibility index (Phi) is 3.92. The van der Waals surface area contributed by atoms with E-state index >= 15 is 0 Å². The molecule has 0 aromatic heterocycles. The summed E-state index contributed by atoms with van der Waals surface area (Å²) in [6.45, 7) is 5.71. The van der Waals surface area contributed by atoms with Crippen molar-refractivity contribution in [3.05, 3.63) is 48.0 Å². The predicted molar refractivity (Wildman–Crippen MR) is 62.4 cm³/mol. The maximum atomic E-state index is 7.32. The van der Waals surface area contributed by atoms with Gasteiger partial charge in [-0.3, -0.25) is 5.41 Å². The molecule has 0 saturated heterocycles. The molecule has 0 aliphatic heterocycles.